The SMILES string of the molecule is CC(CNC1CCCC1)N(C)Cc1ccccn1. The van der Waals surface area contributed by atoms with Gasteiger partial charge in [0.2, 0.25) is 0 Å². The Hall–Kier alpha value is -0.930. The molecule has 1 heterocycles. The molecule has 0 amide bonds. The number of nitrogens with zero attached hydrogens (tertiary/aromatic N) is 2. The van der Waals surface area contributed by atoms with E-state index in [4.69, 9.17) is 0 Å². The van der Waals surface area contributed by atoms with Crippen LogP contribution in [0.15, 0.2) is 24.4 Å². The zero-order valence-electron chi connectivity index (χ0n) is 11.6. The second-order valence-corrected chi connectivity index (χ2v) is 5.47. The third kappa shape index (κ3) is 4.07. The largest absolute Gasteiger partial charge is 0.312 e. The molecule has 2 rings (SSSR count). The lowest BCUT2D eigenvalue weighted by Gasteiger charge is -2.26. The lowest BCUT2D eigenvalue weighted by atomic mass is 10.2. The molecule has 1 saturated carbocycles. The number of likely N-dealkylation sites (N-methyl/N-ethyl adjacent to an activating group) is 1. The highest BCUT2D eigenvalue weighted by atomic mass is 15.2. The molecule has 0 aliphatic heterocycles. The molecular weight excluding hydrogens is 222 g/mol. The van der Waals surface area contributed by atoms with E-state index in [0.717, 1.165) is 24.8 Å². The third-order valence-corrected chi connectivity index (χ3v) is 3.95. The average Bonchev–Trinajstić information content (AvgIpc) is 2.90. The number of hydrogen-bond donors (Lipinski definition) is 1. The monoisotopic (exact) mass is 247 g/mol. The summed E-state index contributed by atoms with van der Waals surface area (Å²) in [6, 6.07) is 7.42. The highest BCUT2D eigenvalue weighted by molar-refractivity contribution is 5.03. The van der Waals surface area contributed by atoms with Gasteiger partial charge in [0.25, 0.3) is 0 Å². The van der Waals surface area contributed by atoms with E-state index < -0.39 is 0 Å². The Kier molecular flexibility index (Phi) is 5.14. The average molecular weight is 247 g/mol. The van der Waals surface area contributed by atoms with Crippen LogP contribution in [0.1, 0.15) is 38.3 Å². The second kappa shape index (κ2) is 6.86. The highest BCUT2D eigenvalue weighted by Gasteiger charge is 2.16. The Bertz CT molecular complexity index is 333. The molecule has 100 valence electrons. The van der Waals surface area contributed by atoms with E-state index in [1.807, 2.05) is 12.3 Å². The first-order valence-corrected chi connectivity index (χ1v) is 7.09. The molecule has 1 aliphatic rings. The Morgan fingerprint density at radius 2 is 2.17 bits per heavy atom. The van der Waals surface area contributed by atoms with Gasteiger partial charge in [0, 0.05) is 31.4 Å². The van der Waals surface area contributed by atoms with Crippen molar-refractivity contribution in [2.24, 2.45) is 0 Å². The minimum Gasteiger partial charge on any atom is -0.312 e. The quantitative estimate of drug-likeness (QED) is 0.837. The van der Waals surface area contributed by atoms with Crippen molar-refractivity contribution in [2.45, 2.75) is 51.2 Å². The maximum Gasteiger partial charge on any atom is 0.0543 e. The number of hydrogen-bond acceptors (Lipinski definition) is 3. The number of aromatic nitrogens is 1. The molecule has 1 atom stereocenters. The fourth-order valence-electron chi connectivity index (χ4n) is 2.53. The summed E-state index contributed by atoms with van der Waals surface area (Å²) < 4.78 is 0. The second-order valence-electron chi connectivity index (χ2n) is 5.47. The minimum atomic E-state index is 0.549. The van der Waals surface area contributed by atoms with Crippen LogP contribution in [0, 0.1) is 0 Å². The lowest BCUT2D eigenvalue weighted by Crippen LogP contribution is -2.40. The smallest absolute Gasteiger partial charge is 0.0543 e. The molecule has 0 bridgehead atoms. The first-order chi connectivity index (χ1) is 8.75. The minimum absolute atomic E-state index is 0.549. The zero-order valence-corrected chi connectivity index (χ0v) is 11.6. The summed E-state index contributed by atoms with van der Waals surface area (Å²) in [5, 5.41) is 3.69. The first-order valence-electron chi connectivity index (χ1n) is 7.09. The van der Waals surface area contributed by atoms with E-state index in [1.165, 1.54) is 25.7 Å². The van der Waals surface area contributed by atoms with Crippen LogP contribution in [0.3, 0.4) is 0 Å². The fourth-order valence-corrected chi connectivity index (χ4v) is 2.53. The van der Waals surface area contributed by atoms with Crippen molar-refractivity contribution in [1.82, 2.24) is 15.2 Å². The molecule has 1 aromatic rings. The molecule has 1 N–H and O–H groups in total. The molecule has 18 heavy (non-hydrogen) atoms. The molecular formula is C15H25N3. The standard InChI is InChI=1S/C15H25N3/c1-13(11-17-14-7-3-4-8-14)18(2)12-15-9-5-6-10-16-15/h5-6,9-10,13-14,17H,3-4,7-8,11-12H2,1-2H3. The van der Waals surface area contributed by atoms with Gasteiger partial charge >= 0.3 is 0 Å². The third-order valence-electron chi connectivity index (χ3n) is 3.95. The maximum atomic E-state index is 4.38. The molecule has 1 aromatic heterocycles. The van der Waals surface area contributed by atoms with Gasteiger partial charge in [-0.2, -0.15) is 0 Å². The molecule has 1 aliphatic carbocycles. The van der Waals surface area contributed by atoms with E-state index in [1.54, 1.807) is 0 Å². The predicted molar refractivity (Wildman–Crippen MR) is 75.4 cm³/mol. The lowest BCUT2D eigenvalue weighted by molar-refractivity contribution is 0.234. The van der Waals surface area contributed by atoms with Crippen LogP contribution in [0.4, 0.5) is 0 Å². The van der Waals surface area contributed by atoms with Crippen LogP contribution >= 0.6 is 0 Å². The van der Waals surface area contributed by atoms with Crippen molar-refractivity contribution in [3.05, 3.63) is 30.1 Å². The van der Waals surface area contributed by atoms with Crippen LogP contribution in [-0.4, -0.2) is 35.6 Å². The van der Waals surface area contributed by atoms with E-state index in [-0.39, 0.29) is 0 Å². The Morgan fingerprint density at radius 1 is 1.39 bits per heavy atom. The van der Waals surface area contributed by atoms with Crippen molar-refractivity contribution in [3.63, 3.8) is 0 Å². The van der Waals surface area contributed by atoms with Gasteiger partial charge < -0.3 is 5.32 Å². The van der Waals surface area contributed by atoms with Gasteiger partial charge in [-0.05, 0) is 38.9 Å². The van der Waals surface area contributed by atoms with Crippen molar-refractivity contribution >= 4 is 0 Å². The normalized spacial score (nSPS) is 18.4. The van der Waals surface area contributed by atoms with Crippen molar-refractivity contribution in [1.29, 1.82) is 0 Å². The maximum absolute atomic E-state index is 4.38. The Morgan fingerprint density at radius 3 is 2.83 bits per heavy atom. The van der Waals surface area contributed by atoms with Gasteiger partial charge in [0.05, 0.1) is 5.69 Å². The van der Waals surface area contributed by atoms with Crippen LogP contribution < -0.4 is 5.32 Å². The Balaban J connectivity index is 1.72. The number of rotatable bonds is 6. The highest BCUT2D eigenvalue weighted by Crippen LogP contribution is 2.17. The van der Waals surface area contributed by atoms with Crippen molar-refractivity contribution < 1.29 is 0 Å². The van der Waals surface area contributed by atoms with E-state index >= 15 is 0 Å². The van der Waals surface area contributed by atoms with Crippen LogP contribution in [0.2, 0.25) is 0 Å². The van der Waals surface area contributed by atoms with Crippen molar-refractivity contribution in [2.75, 3.05) is 13.6 Å². The van der Waals surface area contributed by atoms with E-state index in [0.29, 0.717) is 6.04 Å². The summed E-state index contributed by atoms with van der Waals surface area (Å²) in [5.74, 6) is 0. The summed E-state index contributed by atoms with van der Waals surface area (Å²) in [6.45, 7) is 4.28. The fraction of sp³-hybridized carbons (Fsp3) is 0.667. The topological polar surface area (TPSA) is 28.2 Å². The van der Waals surface area contributed by atoms with E-state index in [9.17, 15) is 0 Å². The van der Waals surface area contributed by atoms with Gasteiger partial charge in [0.1, 0.15) is 0 Å². The molecule has 0 spiro atoms. The molecule has 0 aromatic carbocycles. The zero-order chi connectivity index (χ0) is 12.8. The summed E-state index contributed by atoms with van der Waals surface area (Å²) >= 11 is 0. The van der Waals surface area contributed by atoms with Crippen LogP contribution in [-0.2, 0) is 6.54 Å². The van der Waals surface area contributed by atoms with Gasteiger partial charge in [-0.15, -0.1) is 0 Å². The molecule has 0 saturated heterocycles. The Labute approximate surface area is 111 Å². The van der Waals surface area contributed by atoms with Crippen LogP contribution in [0.5, 0.6) is 0 Å². The van der Waals surface area contributed by atoms with Gasteiger partial charge in [-0.1, -0.05) is 18.9 Å². The summed E-state index contributed by atoms with van der Waals surface area (Å²) in [6.07, 6.45) is 7.38. The van der Waals surface area contributed by atoms with Gasteiger partial charge in [-0.3, -0.25) is 9.88 Å². The number of pyridine rings is 1. The molecule has 0 radical (unpaired) electrons. The van der Waals surface area contributed by atoms with Crippen LogP contribution in [0.25, 0.3) is 0 Å². The molecule has 3 heteroatoms. The predicted octanol–water partition coefficient (Wildman–Crippen LogP) is 2.43. The summed E-state index contributed by atoms with van der Waals surface area (Å²) in [4.78, 5) is 6.74. The summed E-state index contributed by atoms with van der Waals surface area (Å²) in [7, 11) is 2.18. The molecule has 1 unspecified atom stereocenters. The van der Waals surface area contributed by atoms with Crippen molar-refractivity contribution in [3.8, 4) is 0 Å². The number of nitrogens with one attached hydrogen (secondary N) is 1. The summed E-state index contributed by atoms with van der Waals surface area (Å²) in [5.41, 5.74) is 1.15. The first kappa shape index (κ1) is 13.5. The van der Waals surface area contributed by atoms with E-state index in [2.05, 4.69) is 41.3 Å². The molecule has 3 nitrogen and oxygen atoms in total. The van der Waals surface area contributed by atoms with Gasteiger partial charge in [-0.25, -0.2) is 0 Å². The van der Waals surface area contributed by atoms with Gasteiger partial charge in [0.15, 0.2) is 0 Å². The molecule has 1 fully saturated rings.